The van der Waals surface area contributed by atoms with Crippen molar-refractivity contribution in [3.63, 3.8) is 0 Å². The van der Waals surface area contributed by atoms with Gasteiger partial charge in [0.2, 0.25) is 5.91 Å². The highest BCUT2D eigenvalue weighted by Gasteiger charge is 2.28. The van der Waals surface area contributed by atoms with E-state index in [9.17, 15) is 19.4 Å². The Hall–Kier alpha value is -0.760. The molecule has 1 amide bonds. The number of amides is 1. The molecule has 8 nitrogen and oxygen atoms in total. The summed E-state index contributed by atoms with van der Waals surface area (Å²) in [5.74, 6) is -0.153. The van der Waals surface area contributed by atoms with E-state index < -0.39 is 20.0 Å². The molecule has 3 N–H and O–H groups in total. The smallest absolute Gasteiger partial charge is 0.391 e. The SMILES string of the molecule is CCCCCCCC/C=C\CCCCCCCC(=O)N[C@@H](COP(=O)(O)OCC[N+](C)(C)C)[C@H](O)CCCCCCCCCCCCCCCC. The number of rotatable bonds is 39. The molecule has 3 atom stereocenters. The Morgan fingerprint density at radius 1 is 0.647 bits per heavy atom. The quantitative estimate of drug-likeness (QED) is 0.0250. The molecule has 0 aliphatic rings. The van der Waals surface area contributed by atoms with Gasteiger partial charge in [0, 0.05) is 6.42 Å². The number of hydrogen-bond donors (Lipinski definition) is 3. The molecule has 0 saturated carbocycles. The number of likely N-dealkylation sites (N-methyl/N-ethyl adjacent to an activating group) is 1. The largest absolute Gasteiger partial charge is 0.472 e. The van der Waals surface area contributed by atoms with E-state index in [1.54, 1.807) is 0 Å². The van der Waals surface area contributed by atoms with Gasteiger partial charge < -0.3 is 19.8 Å². The van der Waals surface area contributed by atoms with Crippen LogP contribution in [0.2, 0.25) is 0 Å². The van der Waals surface area contributed by atoms with Crippen molar-refractivity contribution >= 4 is 13.7 Å². The number of carbonyl (C=O) groups excluding carboxylic acids is 1. The molecule has 51 heavy (non-hydrogen) atoms. The van der Waals surface area contributed by atoms with E-state index in [4.69, 9.17) is 9.05 Å². The zero-order chi connectivity index (χ0) is 37.9. The number of phosphoric ester groups is 1. The normalized spacial score (nSPS) is 14.6. The Labute approximate surface area is 316 Å². The first-order chi connectivity index (χ1) is 24.5. The van der Waals surface area contributed by atoms with Crippen LogP contribution >= 0.6 is 7.82 Å². The number of carbonyl (C=O) groups is 1. The number of allylic oxidation sites excluding steroid dienone is 2. The second-order valence-electron chi connectivity index (χ2n) is 16.1. The minimum Gasteiger partial charge on any atom is -0.391 e. The first-order valence-electron chi connectivity index (χ1n) is 21.6. The molecule has 0 radical (unpaired) electrons. The second kappa shape index (κ2) is 35.0. The molecule has 0 bridgehead atoms. The number of aliphatic hydroxyl groups excluding tert-OH is 1. The van der Waals surface area contributed by atoms with Crippen LogP contribution in [0.25, 0.3) is 0 Å². The van der Waals surface area contributed by atoms with Gasteiger partial charge in [-0.05, 0) is 38.5 Å². The molecule has 0 heterocycles. The maximum Gasteiger partial charge on any atom is 0.472 e. The monoisotopic (exact) mass is 746 g/mol. The van der Waals surface area contributed by atoms with Crippen LogP contribution in [0.5, 0.6) is 0 Å². The third-order valence-corrected chi connectivity index (χ3v) is 10.7. The Kier molecular flexibility index (Phi) is 34.5. The molecule has 0 saturated heterocycles. The van der Waals surface area contributed by atoms with Gasteiger partial charge in [0.05, 0.1) is 39.9 Å². The predicted molar refractivity (Wildman–Crippen MR) is 217 cm³/mol. The van der Waals surface area contributed by atoms with E-state index in [0.29, 0.717) is 23.9 Å². The van der Waals surface area contributed by atoms with Crippen molar-refractivity contribution in [2.75, 3.05) is 40.9 Å². The number of aliphatic hydroxyl groups is 1. The van der Waals surface area contributed by atoms with Crippen molar-refractivity contribution in [1.29, 1.82) is 0 Å². The van der Waals surface area contributed by atoms with Crippen LogP contribution < -0.4 is 5.32 Å². The molecule has 0 aromatic carbocycles. The molecule has 304 valence electrons. The Morgan fingerprint density at radius 3 is 1.51 bits per heavy atom. The molecule has 1 unspecified atom stereocenters. The van der Waals surface area contributed by atoms with Crippen molar-refractivity contribution in [2.45, 2.75) is 212 Å². The summed E-state index contributed by atoms with van der Waals surface area (Å²) in [6.45, 7) is 4.87. The zero-order valence-electron chi connectivity index (χ0n) is 34.4. The molecule has 0 aliphatic carbocycles. The summed E-state index contributed by atoms with van der Waals surface area (Å²) >= 11 is 0. The van der Waals surface area contributed by atoms with Gasteiger partial charge in [-0.1, -0.05) is 167 Å². The summed E-state index contributed by atoms with van der Waals surface area (Å²) in [6.07, 6.45) is 38.0. The van der Waals surface area contributed by atoms with E-state index in [1.165, 1.54) is 122 Å². The van der Waals surface area contributed by atoms with E-state index in [0.717, 1.165) is 51.4 Å². The van der Waals surface area contributed by atoms with Gasteiger partial charge in [0.15, 0.2) is 0 Å². The molecular formula is C42H86N2O6P+. The Bertz CT molecular complexity index is 850. The summed E-state index contributed by atoms with van der Waals surface area (Å²) in [7, 11) is 1.61. The lowest BCUT2D eigenvalue weighted by Crippen LogP contribution is -2.46. The summed E-state index contributed by atoms with van der Waals surface area (Å²) in [4.78, 5) is 23.1. The van der Waals surface area contributed by atoms with Crippen molar-refractivity contribution in [3.8, 4) is 0 Å². The lowest BCUT2D eigenvalue weighted by molar-refractivity contribution is -0.870. The van der Waals surface area contributed by atoms with Gasteiger partial charge in [-0.2, -0.15) is 0 Å². The lowest BCUT2D eigenvalue weighted by atomic mass is 10.0. The van der Waals surface area contributed by atoms with Crippen LogP contribution in [0, 0.1) is 0 Å². The number of quaternary nitrogens is 1. The fraction of sp³-hybridized carbons (Fsp3) is 0.929. The summed E-state index contributed by atoms with van der Waals surface area (Å²) in [5.41, 5.74) is 0. The standard InChI is InChI=1S/C42H85N2O6P/c1-6-8-10-12-14-16-18-20-22-24-26-28-30-32-34-36-42(46)43-40(39-50-51(47,48)49-38-37-44(3,4)5)41(45)35-33-31-29-27-25-23-21-19-17-15-13-11-9-7-2/h20,22,40-41,45H,6-19,21,23-39H2,1-5H3,(H-,43,46,47,48)/p+1/b22-20-/t40-,41+/m0/s1. The van der Waals surface area contributed by atoms with Crippen LogP contribution in [0.1, 0.15) is 200 Å². The minimum absolute atomic E-state index is 0.0748. The Morgan fingerprint density at radius 2 is 1.06 bits per heavy atom. The summed E-state index contributed by atoms with van der Waals surface area (Å²) in [5, 5.41) is 13.9. The number of nitrogens with zero attached hydrogens (tertiary/aromatic N) is 1. The second-order valence-corrected chi connectivity index (χ2v) is 17.5. The molecule has 0 aromatic rings. The average molecular weight is 746 g/mol. The van der Waals surface area contributed by atoms with E-state index >= 15 is 0 Å². The summed E-state index contributed by atoms with van der Waals surface area (Å²) in [6, 6.07) is -0.759. The molecule has 9 heteroatoms. The Balaban J connectivity index is 4.40. The predicted octanol–water partition coefficient (Wildman–Crippen LogP) is 11.6. The van der Waals surface area contributed by atoms with E-state index in [2.05, 4.69) is 31.3 Å². The van der Waals surface area contributed by atoms with Crippen LogP contribution in [0.15, 0.2) is 12.2 Å². The van der Waals surface area contributed by atoms with Crippen molar-refractivity contribution in [2.24, 2.45) is 0 Å². The van der Waals surface area contributed by atoms with Gasteiger partial charge in [-0.3, -0.25) is 13.8 Å². The van der Waals surface area contributed by atoms with Gasteiger partial charge in [-0.15, -0.1) is 0 Å². The van der Waals surface area contributed by atoms with Gasteiger partial charge >= 0.3 is 7.82 Å². The highest BCUT2D eigenvalue weighted by molar-refractivity contribution is 7.47. The van der Waals surface area contributed by atoms with Crippen molar-refractivity contribution < 1.29 is 32.9 Å². The number of hydrogen-bond acceptors (Lipinski definition) is 5. The maximum absolute atomic E-state index is 12.8. The fourth-order valence-electron chi connectivity index (χ4n) is 6.28. The van der Waals surface area contributed by atoms with Crippen LogP contribution in [-0.4, -0.2) is 73.4 Å². The van der Waals surface area contributed by atoms with Crippen molar-refractivity contribution in [1.82, 2.24) is 5.32 Å². The molecule has 0 fully saturated rings. The highest BCUT2D eigenvalue weighted by Crippen LogP contribution is 2.43. The highest BCUT2D eigenvalue weighted by atomic mass is 31.2. The first kappa shape index (κ1) is 50.2. The molecule has 0 aromatic heterocycles. The minimum atomic E-state index is -4.31. The topological polar surface area (TPSA) is 105 Å². The number of phosphoric acid groups is 1. The van der Waals surface area contributed by atoms with Crippen LogP contribution in [0.4, 0.5) is 0 Å². The molecule has 0 rings (SSSR count). The third kappa shape index (κ3) is 37.4. The fourth-order valence-corrected chi connectivity index (χ4v) is 7.01. The maximum atomic E-state index is 12.8. The summed E-state index contributed by atoms with van der Waals surface area (Å²) < 4.78 is 23.6. The first-order valence-corrected chi connectivity index (χ1v) is 23.0. The van der Waals surface area contributed by atoms with Crippen molar-refractivity contribution in [3.05, 3.63) is 12.2 Å². The third-order valence-electron chi connectivity index (χ3n) is 9.76. The van der Waals surface area contributed by atoms with Gasteiger partial charge in [0.25, 0.3) is 0 Å². The van der Waals surface area contributed by atoms with E-state index in [-0.39, 0.29) is 19.1 Å². The lowest BCUT2D eigenvalue weighted by Gasteiger charge is -2.26. The van der Waals surface area contributed by atoms with Crippen LogP contribution in [0.3, 0.4) is 0 Å². The number of nitrogens with one attached hydrogen (secondary N) is 1. The molecular weight excluding hydrogens is 659 g/mol. The average Bonchev–Trinajstić information content (AvgIpc) is 3.07. The van der Waals surface area contributed by atoms with Gasteiger partial charge in [0.1, 0.15) is 13.2 Å². The van der Waals surface area contributed by atoms with Crippen LogP contribution in [-0.2, 0) is 18.4 Å². The zero-order valence-corrected chi connectivity index (χ0v) is 35.3. The number of unbranched alkanes of at least 4 members (excludes halogenated alkanes) is 24. The molecule has 0 aliphatic heterocycles. The molecule has 0 spiro atoms. The van der Waals surface area contributed by atoms with Gasteiger partial charge in [-0.25, -0.2) is 4.57 Å². The van der Waals surface area contributed by atoms with E-state index in [1.807, 2.05) is 21.1 Å².